The number of carbonyl (C=O) groups is 1. The highest BCUT2D eigenvalue weighted by atomic mass is 16.3. The summed E-state index contributed by atoms with van der Waals surface area (Å²) < 4.78 is 0. The second-order valence-corrected chi connectivity index (χ2v) is 4.90. The summed E-state index contributed by atoms with van der Waals surface area (Å²) in [7, 11) is 0. The third kappa shape index (κ3) is 3.96. The Hall–Kier alpha value is -1.55. The van der Waals surface area contributed by atoms with Gasteiger partial charge in [-0.15, -0.1) is 0 Å². The van der Waals surface area contributed by atoms with Crippen molar-refractivity contribution < 1.29 is 9.90 Å². The molecule has 0 saturated heterocycles. The van der Waals surface area contributed by atoms with Crippen molar-refractivity contribution in [2.75, 3.05) is 31.1 Å². The van der Waals surface area contributed by atoms with Gasteiger partial charge in [-0.25, -0.2) is 0 Å². The number of benzene rings is 1. The van der Waals surface area contributed by atoms with E-state index in [-0.39, 0.29) is 12.5 Å². The molecule has 4 heteroatoms. The molecule has 1 amide bonds. The van der Waals surface area contributed by atoms with Crippen LogP contribution in [0, 0.1) is 0 Å². The average molecular weight is 262 g/mol. The number of nitrogens with one attached hydrogen (secondary N) is 1. The Kier molecular flexibility index (Phi) is 5.21. The van der Waals surface area contributed by atoms with Crippen molar-refractivity contribution in [3.63, 3.8) is 0 Å². The van der Waals surface area contributed by atoms with Gasteiger partial charge in [-0.1, -0.05) is 18.2 Å². The molecular formula is C15H22N2O2. The SMILES string of the molecule is O=C(CCCO)NCCCN1CCc2ccccc21. The first kappa shape index (κ1) is 13.9. The minimum absolute atomic E-state index is 0.0378. The first-order chi connectivity index (χ1) is 9.31. The molecule has 0 fully saturated rings. The first-order valence-corrected chi connectivity index (χ1v) is 7.01. The molecule has 0 saturated carbocycles. The molecule has 1 aliphatic heterocycles. The fourth-order valence-corrected chi connectivity index (χ4v) is 2.46. The van der Waals surface area contributed by atoms with Gasteiger partial charge < -0.3 is 15.3 Å². The van der Waals surface area contributed by atoms with Crippen molar-refractivity contribution in [3.8, 4) is 0 Å². The van der Waals surface area contributed by atoms with Crippen LogP contribution in [-0.4, -0.2) is 37.3 Å². The second kappa shape index (κ2) is 7.14. The largest absolute Gasteiger partial charge is 0.396 e. The standard InChI is InChI=1S/C15H22N2O2/c18-12-3-7-15(19)16-9-4-10-17-11-8-13-5-1-2-6-14(13)17/h1-2,5-6,18H,3-4,7-12H2,(H,16,19). The third-order valence-electron chi connectivity index (χ3n) is 3.47. The summed E-state index contributed by atoms with van der Waals surface area (Å²) in [4.78, 5) is 13.7. The lowest BCUT2D eigenvalue weighted by Crippen LogP contribution is -2.29. The Morgan fingerprint density at radius 2 is 2.16 bits per heavy atom. The summed E-state index contributed by atoms with van der Waals surface area (Å²) in [6.45, 7) is 2.86. The highest BCUT2D eigenvalue weighted by molar-refractivity contribution is 5.75. The van der Waals surface area contributed by atoms with Crippen LogP contribution in [0.1, 0.15) is 24.8 Å². The van der Waals surface area contributed by atoms with E-state index in [2.05, 4.69) is 34.5 Å². The van der Waals surface area contributed by atoms with Crippen LogP contribution in [0.15, 0.2) is 24.3 Å². The normalized spacial score (nSPS) is 13.4. The van der Waals surface area contributed by atoms with Gasteiger partial charge >= 0.3 is 0 Å². The van der Waals surface area contributed by atoms with E-state index in [1.807, 2.05) is 0 Å². The molecule has 2 rings (SSSR count). The number of aliphatic hydroxyl groups excluding tert-OH is 1. The lowest BCUT2D eigenvalue weighted by molar-refractivity contribution is -0.121. The monoisotopic (exact) mass is 262 g/mol. The number of hydrogen-bond acceptors (Lipinski definition) is 3. The molecule has 0 unspecified atom stereocenters. The van der Waals surface area contributed by atoms with Gasteiger partial charge in [-0.3, -0.25) is 4.79 Å². The molecule has 19 heavy (non-hydrogen) atoms. The van der Waals surface area contributed by atoms with Crippen molar-refractivity contribution in [3.05, 3.63) is 29.8 Å². The van der Waals surface area contributed by atoms with E-state index in [0.29, 0.717) is 19.4 Å². The van der Waals surface area contributed by atoms with Gasteiger partial charge in [0.25, 0.3) is 0 Å². The van der Waals surface area contributed by atoms with Gasteiger partial charge in [-0.05, 0) is 30.9 Å². The highest BCUT2D eigenvalue weighted by Gasteiger charge is 2.17. The fraction of sp³-hybridized carbons (Fsp3) is 0.533. The molecule has 1 aromatic rings. The van der Waals surface area contributed by atoms with Crippen molar-refractivity contribution in [1.82, 2.24) is 5.32 Å². The number of aliphatic hydroxyl groups is 1. The Balaban J connectivity index is 1.66. The van der Waals surface area contributed by atoms with Crippen LogP contribution in [0.3, 0.4) is 0 Å². The maximum atomic E-state index is 11.4. The molecule has 0 spiro atoms. The molecule has 0 radical (unpaired) electrons. The van der Waals surface area contributed by atoms with Crippen LogP contribution >= 0.6 is 0 Å². The molecule has 1 aliphatic rings. The van der Waals surface area contributed by atoms with Crippen LogP contribution in [0.4, 0.5) is 5.69 Å². The molecule has 0 aliphatic carbocycles. The number of nitrogens with zero attached hydrogens (tertiary/aromatic N) is 1. The Labute approximate surface area is 114 Å². The maximum absolute atomic E-state index is 11.4. The molecule has 1 aromatic carbocycles. The Morgan fingerprint density at radius 1 is 1.32 bits per heavy atom. The summed E-state index contributed by atoms with van der Waals surface area (Å²) in [5.74, 6) is 0.0378. The molecule has 0 bridgehead atoms. The van der Waals surface area contributed by atoms with E-state index in [1.165, 1.54) is 11.3 Å². The van der Waals surface area contributed by atoms with Crippen LogP contribution in [0.25, 0.3) is 0 Å². The lowest BCUT2D eigenvalue weighted by Gasteiger charge is -2.19. The Morgan fingerprint density at radius 3 is 3.00 bits per heavy atom. The number of anilines is 1. The second-order valence-electron chi connectivity index (χ2n) is 4.90. The summed E-state index contributed by atoms with van der Waals surface area (Å²) >= 11 is 0. The number of para-hydroxylation sites is 1. The van der Waals surface area contributed by atoms with Crippen LogP contribution in [0.2, 0.25) is 0 Å². The van der Waals surface area contributed by atoms with E-state index < -0.39 is 0 Å². The van der Waals surface area contributed by atoms with Crippen LogP contribution in [0.5, 0.6) is 0 Å². The number of rotatable bonds is 7. The van der Waals surface area contributed by atoms with E-state index in [4.69, 9.17) is 5.11 Å². The van der Waals surface area contributed by atoms with E-state index in [9.17, 15) is 4.79 Å². The summed E-state index contributed by atoms with van der Waals surface area (Å²) in [6, 6.07) is 8.52. The predicted octanol–water partition coefficient (Wildman–Crippen LogP) is 1.33. The minimum Gasteiger partial charge on any atom is -0.396 e. The zero-order valence-corrected chi connectivity index (χ0v) is 11.3. The van der Waals surface area contributed by atoms with E-state index in [0.717, 1.165) is 25.9 Å². The first-order valence-electron chi connectivity index (χ1n) is 7.01. The fourth-order valence-electron chi connectivity index (χ4n) is 2.46. The van der Waals surface area contributed by atoms with Crippen molar-refractivity contribution in [2.45, 2.75) is 25.7 Å². The zero-order chi connectivity index (χ0) is 13.5. The van der Waals surface area contributed by atoms with Gasteiger partial charge in [0.2, 0.25) is 5.91 Å². The highest BCUT2D eigenvalue weighted by Crippen LogP contribution is 2.27. The van der Waals surface area contributed by atoms with E-state index >= 15 is 0 Å². The van der Waals surface area contributed by atoms with Gasteiger partial charge in [0.1, 0.15) is 0 Å². The maximum Gasteiger partial charge on any atom is 0.220 e. The van der Waals surface area contributed by atoms with Crippen molar-refractivity contribution in [1.29, 1.82) is 0 Å². The molecule has 2 N–H and O–H groups in total. The number of fused-ring (bicyclic) bond motifs is 1. The Bertz CT molecular complexity index is 420. The van der Waals surface area contributed by atoms with E-state index in [1.54, 1.807) is 0 Å². The predicted molar refractivity (Wildman–Crippen MR) is 76.3 cm³/mol. The quantitative estimate of drug-likeness (QED) is 0.729. The molecule has 0 aromatic heterocycles. The zero-order valence-electron chi connectivity index (χ0n) is 11.3. The van der Waals surface area contributed by atoms with Crippen molar-refractivity contribution in [2.24, 2.45) is 0 Å². The number of carbonyl (C=O) groups excluding carboxylic acids is 1. The number of hydrogen-bond donors (Lipinski definition) is 2. The van der Waals surface area contributed by atoms with Gasteiger partial charge in [-0.2, -0.15) is 0 Å². The summed E-state index contributed by atoms with van der Waals surface area (Å²) in [5, 5.41) is 11.5. The van der Waals surface area contributed by atoms with Gasteiger partial charge in [0.15, 0.2) is 0 Å². The van der Waals surface area contributed by atoms with Gasteiger partial charge in [0.05, 0.1) is 0 Å². The van der Waals surface area contributed by atoms with Crippen LogP contribution in [-0.2, 0) is 11.2 Å². The molecule has 0 atom stereocenters. The molecule has 4 nitrogen and oxygen atoms in total. The van der Waals surface area contributed by atoms with Crippen molar-refractivity contribution >= 4 is 11.6 Å². The third-order valence-corrected chi connectivity index (χ3v) is 3.47. The number of amides is 1. The summed E-state index contributed by atoms with van der Waals surface area (Å²) in [6.07, 6.45) is 3.05. The minimum atomic E-state index is 0.0378. The smallest absolute Gasteiger partial charge is 0.220 e. The molecule has 1 heterocycles. The molecular weight excluding hydrogens is 240 g/mol. The lowest BCUT2D eigenvalue weighted by atomic mass is 10.2. The average Bonchev–Trinajstić information content (AvgIpc) is 2.85. The molecule has 104 valence electrons. The topological polar surface area (TPSA) is 52.6 Å². The van der Waals surface area contributed by atoms with Crippen LogP contribution < -0.4 is 10.2 Å². The van der Waals surface area contributed by atoms with Gasteiger partial charge in [0, 0.05) is 38.3 Å². The summed E-state index contributed by atoms with van der Waals surface area (Å²) in [5.41, 5.74) is 2.77.